The molecule has 5 heteroatoms. The fourth-order valence-electron chi connectivity index (χ4n) is 2.14. The molecular formula is C14H16O5. The smallest absolute Gasteiger partial charge is 0.373 e. The number of hydrogen-bond donors (Lipinski definition) is 0. The van der Waals surface area contributed by atoms with E-state index >= 15 is 0 Å². The second-order valence-corrected chi connectivity index (χ2v) is 4.51. The zero-order valence-electron chi connectivity index (χ0n) is 11.1. The van der Waals surface area contributed by atoms with E-state index in [0.29, 0.717) is 0 Å². The van der Waals surface area contributed by atoms with Crippen molar-refractivity contribution in [2.75, 3.05) is 14.2 Å². The van der Waals surface area contributed by atoms with Crippen molar-refractivity contribution in [1.82, 2.24) is 0 Å². The van der Waals surface area contributed by atoms with Gasteiger partial charge in [0.15, 0.2) is 0 Å². The van der Waals surface area contributed by atoms with Crippen LogP contribution in [0.3, 0.4) is 0 Å². The Morgan fingerprint density at radius 2 is 1.79 bits per heavy atom. The standard InChI is InChI=1S/C13H16O3.CO2/c1-13(8-11(13)12(14)16-3)9-4-6-10(15-2)7-5-9;2-1-3/h4-7,11H,8H2,1-3H3;. The Hall–Kier alpha value is -2.13. The van der Waals surface area contributed by atoms with E-state index in [4.69, 9.17) is 19.1 Å². The monoisotopic (exact) mass is 264 g/mol. The number of ether oxygens (including phenoxy) is 2. The molecule has 2 rings (SSSR count). The Morgan fingerprint density at radius 3 is 2.21 bits per heavy atom. The predicted octanol–water partition coefficient (Wildman–Crippen LogP) is 1.56. The molecule has 0 aliphatic heterocycles. The van der Waals surface area contributed by atoms with Crippen LogP contribution in [0.2, 0.25) is 0 Å². The van der Waals surface area contributed by atoms with Crippen LogP contribution in [0.5, 0.6) is 5.75 Å². The van der Waals surface area contributed by atoms with Crippen LogP contribution in [0.15, 0.2) is 24.3 Å². The number of carbonyl (C=O) groups is 1. The Bertz CT molecular complexity index is 473. The molecule has 1 aromatic carbocycles. The van der Waals surface area contributed by atoms with Crippen LogP contribution in [-0.2, 0) is 24.5 Å². The Morgan fingerprint density at radius 1 is 1.26 bits per heavy atom. The number of carbonyl (C=O) groups excluding carboxylic acids is 3. The molecule has 0 N–H and O–H groups in total. The first-order valence-electron chi connectivity index (χ1n) is 5.75. The van der Waals surface area contributed by atoms with Gasteiger partial charge in [-0.3, -0.25) is 4.79 Å². The average Bonchev–Trinajstić information content (AvgIpc) is 3.12. The van der Waals surface area contributed by atoms with Gasteiger partial charge >= 0.3 is 12.1 Å². The van der Waals surface area contributed by atoms with Crippen molar-refractivity contribution >= 4 is 12.1 Å². The van der Waals surface area contributed by atoms with Crippen LogP contribution in [0.25, 0.3) is 0 Å². The van der Waals surface area contributed by atoms with Crippen LogP contribution in [-0.4, -0.2) is 26.3 Å². The van der Waals surface area contributed by atoms with Crippen LogP contribution in [0.1, 0.15) is 18.9 Å². The lowest BCUT2D eigenvalue weighted by atomic mass is 9.95. The lowest BCUT2D eigenvalue weighted by Crippen LogP contribution is -2.12. The number of methoxy groups -OCH3 is 2. The van der Waals surface area contributed by atoms with E-state index in [-0.39, 0.29) is 23.5 Å². The average molecular weight is 264 g/mol. The van der Waals surface area contributed by atoms with Gasteiger partial charge in [-0.1, -0.05) is 19.1 Å². The highest BCUT2D eigenvalue weighted by atomic mass is 16.5. The lowest BCUT2D eigenvalue weighted by Gasteiger charge is -2.11. The molecule has 1 fully saturated rings. The van der Waals surface area contributed by atoms with Gasteiger partial charge in [-0.2, -0.15) is 9.59 Å². The van der Waals surface area contributed by atoms with Crippen molar-refractivity contribution in [3.8, 4) is 5.75 Å². The zero-order chi connectivity index (χ0) is 14.5. The molecule has 0 radical (unpaired) electrons. The molecule has 1 saturated carbocycles. The molecule has 0 bridgehead atoms. The van der Waals surface area contributed by atoms with Gasteiger partial charge in [0.2, 0.25) is 0 Å². The normalized spacial score (nSPS) is 23.4. The predicted molar refractivity (Wildman–Crippen MR) is 65.5 cm³/mol. The summed E-state index contributed by atoms with van der Waals surface area (Å²) in [5.41, 5.74) is 1.11. The van der Waals surface area contributed by atoms with Crippen molar-refractivity contribution in [2.24, 2.45) is 5.92 Å². The van der Waals surface area contributed by atoms with Gasteiger partial charge in [-0.25, -0.2) is 0 Å². The van der Waals surface area contributed by atoms with Crippen LogP contribution >= 0.6 is 0 Å². The van der Waals surface area contributed by atoms with E-state index in [2.05, 4.69) is 6.92 Å². The summed E-state index contributed by atoms with van der Waals surface area (Å²) in [6.45, 7) is 2.09. The molecule has 1 aromatic rings. The maximum atomic E-state index is 11.4. The molecule has 5 nitrogen and oxygen atoms in total. The van der Waals surface area contributed by atoms with Gasteiger partial charge in [0, 0.05) is 5.41 Å². The minimum atomic E-state index is -0.113. The van der Waals surface area contributed by atoms with Gasteiger partial charge in [-0.05, 0) is 24.1 Å². The highest BCUT2D eigenvalue weighted by molar-refractivity contribution is 5.78. The van der Waals surface area contributed by atoms with Crippen LogP contribution < -0.4 is 4.74 Å². The largest absolute Gasteiger partial charge is 0.497 e. The van der Waals surface area contributed by atoms with E-state index in [0.717, 1.165) is 12.2 Å². The van der Waals surface area contributed by atoms with Gasteiger partial charge in [0.05, 0.1) is 20.1 Å². The Balaban J connectivity index is 0.000000550. The SMILES string of the molecule is COC(=O)C1CC1(C)c1ccc(OC)cc1.O=C=O. The van der Waals surface area contributed by atoms with E-state index in [1.165, 1.54) is 12.7 Å². The molecule has 2 unspecified atom stereocenters. The molecule has 0 saturated heterocycles. The summed E-state index contributed by atoms with van der Waals surface area (Å²) in [5.74, 6) is 0.729. The second kappa shape index (κ2) is 6.16. The number of esters is 1. The first-order valence-corrected chi connectivity index (χ1v) is 5.75. The van der Waals surface area contributed by atoms with Gasteiger partial charge < -0.3 is 9.47 Å². The maximum absolute atomic E-state index is 11.4. The summed E-state index contributed by atoms with van der Waals surface area (Å²) in [6, 6.07) is 7.88. The topological polar surface area (TPSA) is 69.7 Å². The first kappa shape index (κ1) is 14.9. The molecule has 102 valence electrons. The van der Waals surface area contributed by atoms with Gasteiger partial charge in [0.1, 0.15) is 5.75 Å². The van der Waals surface area contributed by atoms with E-state index in [1.54, 1.807) is 7.11 Å². The van der Waals surface area contributed by atoms with Crippen molar-refractivity contribution in [1.29, 1.82) is 0 Å². The Kier molecular flexibility index (Phi) is 4.84. The van der Waals surface area contributed by atoms with Crippen LogP contribution in [0, 0.1) is 5.92 Å². The summed E-state index contributed by atoms with van der Waals surface area (Å²) in [4.78, 5) is 27.7. The molecule has 0 aromatic heterocycles. The molecule has 0 spiro atoms. The Labute approximate surface area is 111 Å². The summed E-state index contributed by atoms with van der Waals surface area (Å²) in [6.07, 6.45) is 1.12. The minimum Gasteiger partial charge on any atom is -0.497 e. The summed E-state index contributed by atoms with van der Waals surface area (Å²) in [7, 11) is 3.08. The number of benzene rings is 1. The second-order valence-electron chi connectivity index (χ2n) is 4.51. The van der Waals surface area contributed by atoms with Crippen molar-refractivity contribution < 1.29 is 23.9 Å². The third kappa shape index (κ3) is 3.20. The lowest BCUT2D eigenvalue weighted by molar-refractivity contribution is -0.191. The highest BCUT2D eigenvalue weighted by Gasteiger charge is 2.56. The summed E-state index contributed by atoms with van der Waals surface area (Å²) >= 11 is 0. The minimum absolute atomic E-state index is 0.00546. The molecule has 0 amide bonds. The number of rotatable bonds is 3. The molecule has 1 aliphatic carbocycles. The van der Waals surface area contributed by atoms with E-state index in [9.17, 15) is 4.79 Å². The third-order valence-corrected chi connectivity index (χ3v) is 3.47. The zero-order valence-corrected chi connectivity index (χ0v) is 11.1. The molecule has 19 heavy (non-hydrogen) atoms. The third-order valence-electron chi connectivity index (χ3n) is 3.47. The maximum Gasteiger partial charge on any atom is 0.373 e. The summed E-state index contributed by atoms with van der Waals surface area (Å²) in [5, 5.41) is 0. The van der Waals surface area contributed by atoms with Crippen molar-refractivity contribution in [3.63, 3.8) is 0 Å². The molecular weight excluding hydrogens is 248 g/mol. The highest BCUT2D eigenvalue weighted by Crippen LogP contribution is 2.54. The fraction of sp³-hybridized carbons (Fsp3) is 0.429. The van der Waals surface area contributed by atoms with Gasteiger partial charge in [-0.15, -0.1) is 0 Å². The van der Waals surface area contributed by atoms with Crippen molar-refractivity contribution in [3.05, 3.63) is 29.8 Å². The van der Waals surface area contributed by atoms with Crippen LogP contribution in [0.4, 0.5) is 0 Å². The molecule has 1 aliphatic rings. The first-order chi connectivity index (χ1) is 9.03. The number of hydrogen-bond acceptors (Lipinski definition) is 5. The van der Waals surface area contributed by atoms with E-state index in [1.807, 2.05) is 24.3 Å². The quantitative estimate of drug-likeness (QED) is 0.775. The van der Waals surface area contributed by atoms with Crippen molar-refractivity contribution in [2.45, 2.75) is 18.8 Å². The molecule has 0 heterocycles. The van der Waals surface area contributed by atoms with Gasteiger partial charge in [0.25, 0.3) is 0 Å². The van der Waals surface area contributed by atoms with E-state index < -0.39 is 0 Å². The molecule has 2 atom stereocenters. The summed E-state index contributed by atoms with van der Waals surface area (Å²) < 4.78 is 9.88. The fourth-order valence-corrected chi connectivity index (χ4v) is 2.14.